The molecule has 0 bridgehead atoms. The van der Waals surface area contributed by atoms with Gasteiger partial charge in [-0.2, -0.15) is 16.8 Å². The molecular weight excluding hydrogens is 696 g/mol. The van der Waals surface area contributed by atoms with E-state index in [1.165, 1.54) is 48.6 Å². The number of halogens is 4. The van der Waals surface area contributed by atoms with Gasteiger partial charge in [0.1, 0.15) is 31.7 Å². The van der Waals surface area contributed by atoms with Crippen molar-refractivity contribution in [2.45, 2.75) is 9.79 Å². The molecule has 12 nitrogen and oxygen atoms in total. The summed E-state index contributed by atoms with van der Waals surface area (Å²) in [5, 5.41) is 5.38. The molecule has 4 N–H and O–H groups in total. The molecule has 0 saturated heterocycles. The Balaban J connectivity index is 0.00000308. The standard InChI is InChI=1S/C22H14Cl4N6O6S2.2Na.2H/c23-17-9-19(31-21(25)29-17)27-13-5-3-11(15(7-13)39(33,34)35)1-2-12-4-6-14(8-16(12)40(36,37)38)28-20-10-18(24)30-22(26)32-20;;;;/h1-10H,(H,27,29,31)(H,28,30,32)(H,33,34,35)(H,36,37,38);;;;/b2-1+;;;;. The molecule has 4 aromatic rings. The SMILES string of the molecule is O=S(=O)(O)c1cc(Nc2cc(Cl)nc(Cl)n2)ccc1/C=C/c1ccc(Nc2cc(Cl)nc(Cl)n2)cc1S(=O)(=O)O.[NaH].[NaH]. The molecule has 42 heavy (non-hydrogen) atoms. The van der Waals surface area contributed by atoms with Crippen LogP contribution in [0.1, 0.15) is 11.1 Å². The van der Waals surface area contributed by atoms with E-state index in [0.29, 0.717) is 0 Å². The van der Waals surface area contributed by atoms with Crippen LogP contribution in [0.15, 0.2) is 58.3 Å². The molecule has 2 aromatic heterocycles. The number of nitrogens with one attached hydrogen (secondary N) is 2. The summed E-state index contributed by atoms with van der Waals surface area (Å²) in [4.78, 5) is 14.2. The third-order valence-corrected chi connectivity index (χ3v) is 7.45. The summed E-state index contributed by atoms with van der Waals surface area (Å²) in [6.45, 7) is 0. The van der Waals surface area contributed by atoms with Gasteiger partial charge in [-0.15, -0.1) is 0 Å². The van der Waals surface area contributed by atoms with Gasteiger partial charge >= 0.3 is 59.1 Å². The Labute approximate surface area is 304 Å². The molecule has 0 saturated carbocycles. The van der Waals surface area contributed by atoms with Crippen LogP contribution < -0.4 is 10.6 Å². The minimum absolute atomic E-state index is 0. The van der Waals surface area contributed by atoms with Crippen molar-refractivity contribution < 1.29 is 25.9 Å². The molecular formula is C22H16Cl4N6Na2O6S2. The van der Waals surface area contributed by atoms with Crippen LogP contribution in [0.5, 0.6) is 0 Å². The van der Waals surface area contributed by atoms with Crippen LogP contribution >= 0.6 is 46.4 Å². The second-order valence-corrected chi connectivity index (χ2v) is 12.0. The van der Waals surface area contributed by atoms with E-state index in [1.54, 1.807) is 0 Å². The van der Waals surface area contributed by atoms with Crippen LogP contribution in [0.3, 0.4) is 0 Å². The molecule has 212 valence electrons. The molecule has 0 atom stereocenters. The fourth-order valence-electron chi connectivity index (χ4n) is 3.33. The van der Waals surface area contributed by atoms with Gasteiger partial charge in [-0.05, 0) is 58.6 Å². The van der Waals surface area contributed by atoms with Gasteiger partial charge in [-0.25, -0.2) is 19.9 Å². The molecule has 0 aliphatic rings. The van der Waals surface area contributed by atoms with E-state index in [2.05, 4.69) is 30.6 Å². The zero-order chi connectivity index (χ0) is 29.2. The molecule has 20 heteroatoms. The molecule has 0 aliphatic heterocycles. The van der Waals surface area contributed by atoms with E-state index in [9.17, 15) is 25.9 Å². The quantitative estimate of drug-likeness (QED) is 0.0649. The van der Waals surface area contributed by atoms with Gasteiger partial charge in [0.25, 0.3) is 20.2 Å². The second-order valence-electron chi connectivity index (χ2n) is 7.73. The van der Waals surface area contributed by atoms with Gasteiger partial charge in [-0.3, -0.25) is 9.11 Å². The van der Waals surface area contributed by atoms with Crippen molar-refractivity contribution in [1.29, 1.82) is 0 Å². The van der Waals surface area contributed by atoms with Crippen molar-refractivity contribution in [2.75, 3.05) is 10.6 Å². The zero-order valence-corrected chi connectivity index (χ0v) is 24.1. The predicted octanol–water partition coefficient (Wildman–Crippen LogP) is 4.73. The fourth-order valence-corrected chi connectivity index (χ4v) is 5.57. The maximum atomic E-state index is 12.1. The summed E-state index contributed by atoms with van der Waals surface area (Å²) in [6.07, 6.45) is 2.48. The van der Waals surface area contributed by atoms with E-state index in [4.69, 9.17) is 46.4 Å². The van der Waals surface area contributed by atoms with E-state index in [0.717, 1.165) is 12.1 Å². The van der Waals surface area contributed by atoms with Gasteiger partial charge in [0.2, 0.25) is 10.6 Å². The van der Waals surface area contributed by atoms with Gasteiger partial charge in [-0.1, -0.05) is 47.5 Å². The molecule has 0 spiro atoms. The van der Waals surface area contributed by atoms with Crippen molar-refractivity contribution in [3.63, 3.8) is 0 Å². The second kappa shape index (κ2) is 15.3. The number of rotatable bonds is 8. The summed E-state index contributed by atoms with van der Waals surface area (Å²) in [5.74, 6) is 0.320. The zero-order valence-electron chi connectivity index (χ0n) is 19.4. The van der Waals surface area contributed by atoms with Crippen molar-refractivity contribution in [3.05, 3.63) is 80.5 Å². The van der Waals surface area contributed by atoms with Crippen molar-refractivity contribution in [2.24, 2.45) is 0 Å². The van der Waals surface area contributed by atoms with Crippen LogP contribution in [0.2, 0.25) is 20.9 Å². The molecule has 4 rings (SSSR count). The molecule has 0 unspecified atom stereocenters. The molecule has 2 heterocycles. The summed E-state index contributed by atoms with van der Waals surface area (Å²) in [5.41, 5.74) is 0.408. The van der Waals surface area contributed by atoms with Crippen LogP contribution in [-0.2, 0) is 20.2 Å². The van der Waals surface area contributed by atoms with E-state index < -0.39 is 30.0 Å². The monoisotopic (exact) mass is 710 g/mol. The van der Waals surface area contributed by atoms with Gasteiger partial charge in [0, 0.05) is 23.5 Å². The van der Waals surface area contributed by atoms with Gasteiger partial charge in [0.15, 0.2) is 0 Å². The average Bonchev–Trinajstić information content (AvgIpc) is 2.81. The van der Waals surface area contributed by atoms with Gasteiger partial charge in [0.05, 0.1) is 0 Å². The number of hydrogen-bond acceptors (Lipinski definition) is 10. The molecule has 0 aliphatic carbocycles. The van der Waals surface area contributed by atoms with Crippen molar-refractivity contribution >= 4 is 161 Å². The number of anilines is 4. The maximum absolute atomic E-state index is 12.1. The van der Waals surface area contributed by atoms with Crippen molar-refractivity contribution in [1.82, 2.24) is 19.9 Å². The number of aromatic nitrogens is 4. The van der Waals surface area contributed by atoms with Crippen LogP contribution in [-0.4, -0.2) is 105 Å². The molecule has 0 fully saturated rings. The number of hydrogen-bond donors (Lipinski definition) is 4. The number of benzene rings is 2. The Hall–Kier alpha value is -1.08. The predicted molar refractivity (Wildman–Crippen MR) is 166 cm³/mol. The molecule has 2 aromatic carbocycles. The average molecular weight is 712 g/mol. The summed E-state index contributed by atoms with van der Waals surface area (Å²) >= 11 is 23.3. The summed E-state index contributed by atoms with van der Waals surface area (Å²) in [6, 6.07) is 10.5. The fraction of sp³-hybridized carbons (Fsp3) is 0. The first-order chi connectivity index (χ1) is 18.7. The summed E-state index contributed by atoms with van der Waals surface area (Å²) < 4.78 is 68.1. The van der Waals surface area contributed by atoms with Crippen molar-refractivity contribution in [3.8, 4) is 0 Å². The Morgan fingerprint density at radius 2 is 0.952 bits per heavy atom. The number of nitrogens with zero attached hydrogens (tertiary/aromatic N) is 4. The first-order valence-corrected chi connectivity index (χ1v) is 14.9. The molecule has 0 amide bonds. The summed E-state index contributed by atoms with van der Waals surface area (Å²) in [7, 11) is -9.49. The topological polar surface area (TPSA) is 184 Å². The first-order valence-electron chi connectivity index (χ1n) is 10.5. The Morgan fingerprint density at radius 3 is 1.26 bits per heavy atom. The van der Waals surface area contributed by atoms with Crippen LogP contribution in [0, 0.1) is 0 Å². The van der Waals surface area contributed by atoms with E-state index in [1.807, 2.05) is 0 Å². The van der Waals surface area contributed by atoms with Gasteiger partial charge < -0.3 is 10.6 Å². The van der Waals surface area contributed by atoms with Crippen LogP contribution in [0.25, 0.3) is 12.2 Å². The first kappa shape index (κ1) is 37.1. The van der Waals surface area contributed by atoms with E-state index >= 15 is 0 Å². The third-order valence-electron chi connectivity index (χ3n) is 4.91. The normalized spacial score (nSPS) is 11.5. The Kier molecular flexibility index (Phi) is 13.5. The molecule has 0 radical (unpaired) electrons. The Morgan fingerprint density at radius 1 is 0.595 bits per heavy atom. The Bertz CT molecular complexity index is 1710. The van der Waals surface area contributed by atoms with E-state index in [-0.39, 0.29) is 114 Å². The minimum atomic E-state index is -4.74. The third kappa shape index (κ3) is 10.2. The van der Waals surface area contributed by atoms with Crippen LogP contribution in [0.4, 0.5) is 23.0 Å².